The SMILES string of the molecule is Cc1cc(N)c(N[C@@H]2CCCC[C@H]2C)cc1C. The van der Waals surface area contributed by atoms with Gasteiger partial charge in [0.15, 0.2) is 0 Å². The molecule has 0 aromatic heterocycles. The summed E-state index contributed by atoms with van der Waals surface area (Å²) in [6, 6.07) is 4.85. The van der Waals surface area contributed by atoms with Crippen LogP contribution in [0.4, 0.5) is 11.4 Å². The van der Waals surface area contributed by atoms with Crippen LogP contribution in [0.1, 0.15) is 43.7 Å². The summed E-state index contributed by atoms with van der Waals surface area (Å²) >= 11 is 0. The van der Waals surface area contributed by atoms with Gasteiger partial charge in [0.2, 0.25) is 0 Å². The van der Waals surface area contributed by atoms with Crippen molar-refractivity contribution in [1.82, 2.24) is 0 Å². The highest BCUT2D eigenvalue weighted by Crippen LogP contribution is 2.30. The van der Waals surface area contributed by atoms with Crippen LogP contribution in [0.15, 0.2) is 12.1 Å². The first-order valence-corrected chi connectivity index (χ1v) is 6.71. The summed E-state index contributed by atoms with van der Waals surface area (Å²) < 4.78 is 0. The second-order valence-electron chi connectivity index (χ2n) is 5.54. The van der Waals surface area contributed by atoms with Crippen molar-refractivity contribution in [3.05, 3.63) is 23.3 Å². The average Bonchev–Trinajstić information content (AvgIpc) is 2.29. The van der Waals surface area contributed by atoms with Crippen LogP contribution in [0.2, 0.25) is 0 Å². The number of nitrogens with two attached hydrogens (primary N) is 1. The quantitative estimate of drug-likeness (QED) is 0.759. The Morgan fingerprint density at radius 2 is 1.76 bits per heavy atom. The van der Waals surface area contributed by atoms with Crippen molar-refractivity contribution < 1.29 is 0 Å². The fraction of sp³-hybridized carbons (Fsp3) is 0.600. The molecule has 0 radical (unpaired) electrons. The molecule has 2 atom stereocenters. The van der Waals surface area contributed by atoms with Crippen molar-refractivity contribution in [2.75, 3.05) is 11.1 Å². The fourth-order valence-corrected chi connectivity index (χ4v) is 2.69. The molecule has 0 amide bonds. The zero-order valence-corrected chi connectivity index (χ0v) is 11.2. The molecular weight excluding hydrogens is 208 g/mol. The van der Waals surface area contributed by atoms with Crippen LogP contribution in [-0.2, 0) is 0 Å². The molecule has 1 fully saturated rings. The molecule has 0 aliphatic heterocycles. The lowest BCUT2D eigenvalue weighted by molar-refractivity contribution is 0.349. The van der Waals surface area contributed by atoms with Gasteiger partial charge in [0.1, 0.15) is 0 Å². The minimum absolute atomic E-state index is 0.591. The van der Waals surface area contributed by atoms with Gasteiger partial charge in [-0.15, -0.1) is 0 Å². The maximum Gasteiger partial charge on any atom is 0.0579 e. The molecule has 94 valence electrons. The number of aryl methyl sites for hydroxylation is 2. The molecule has 0 unspecified atom stereocenters. The standard InChI is InChI=1S/C15H24N2/c1-10-6-4-5-7-14(10)17-15-9-12(3)11(2)8-13(15)16/h8-10,14,17H,4-7,16H2,1-3H3/t10-,14-/m1/s1. The van der Waals surface area contributed by atoms with E-state index in [1.807, 2.05) is 0 Å². The lowest BCUT2D eigenvalue weighted by Crippen LogP contribution is -2.30. The number of benzene rings is 1. The molecule has 2 heteroatoms. The zero-order valence-electron chi connectivity index (χ0n) is 11.2. The summed E-state index contributed by atoms with van der Waals surface area (Å²) in [5.74, 6) is 0.754. The predicted octanol–water partition coefficient (Wildman–Crippen LogP) is 3.88. The summed E-state index contributed by atoms with van der Waals surface area (Å²) in [6.45, 7) is 6.59. The molecule has 2 nitrogen and oxygen atoms in total. The Morgan fingerprint density at radius 1 is 1.12 bits per heavy atom. The first kappa shape index (κ1) is 12.3. The van der Waals surface area contributed by atoms with Crippen LogP contribution in [0.25, 0.3) is 0 Å². The van der Waals surface area contributed by atoms with Crippen LogP contribution in [-0.4, -0.2) is 6.04 Å². The Labute approximate surface area is 105 Å². The topological polar surface area (TPSA) is 38.0 Å². The smallest absolute Gasteiger partial charge is 0.0579 e. The third-order valence-electron chi connectivity index (χ3n) is 4.12. The summed E-state index contributed by atoms with van der Waals surface area (Å²) in [7, 11) is 0. The van der Waals surface area contributed by atoms with E-state index in [1.54, 1.807) is 0 Å². The highest BCUT2D eigenvalue weighted by Gasteiger charge is 2.21. The van der Waals surface area contributed by atoms with Crippen LogP contribution < -0.4 is 11.1 Å². The minimum Gasteiger partial charge on any atom is -0.397 e. The Morgan fingerprint density at radius 3 is 2.47 bits per heavy atom. The van der Waals surface area contributed by atoms with E-state index in [-0.39, 0.29) is 0 Å². The highest BCUT2D eigenvalue weighted by molar-refractivity contribution is 5.68. The van der Waals surface area contributed by atoms with Crippen molar-refractivity contribution in [2.24, 2.45) is 5.92 Å². The van der Waals surface area contributed by atoms with Gasteiger partial charge in [-0.2, -0.15) is 0 Å². The van der Waals surface area contributed by atoms with Crippen molar-refractivity contribution >= 4 is 11.4 Å². The second kappa shape index (κ2) is 4.99. The molecule has 1 aromatic carbocycles. The molecule has 0 bridgehead atoms. The van der Waals surface area contributed by atoms with E-state index >= 15 is 0 Å². The molecular formula is C15H24N2. The number of nitrogens with one attached hydrogen (secondary N) is 1. The number of rotatable bonds is 2. The Balaban J connectivity index is 2.15. The van der Waals surface area contributed by atoms with E-state index in [0.717, 1.165) is 17.3 Å². The normalized spacial score (nSPS) is 24.6. The molecule has 0 saturated heterocycles. The van der Waals surface area contributed by atoms with E-state index in [2.05, 4.69) is 38.2 Å². The van der Waals surface area contributed by atoms with Gasteiger partial charge >= 0.3 is 0 Å². The number of hydrogen-bond donors (Lipinski definition) is 2. The molecule has 0 heterocycles. The van der Waals surface area contributed by atoms with E-state index in [0.29, 0.717) is 6.04 Å². The van der Waals surface area contributed by atoms with Crippen molar-refractivity contribution in [3.8, 4) is 0 Å². The largest absolute Gasteiger partial charge is 0.397 e. The van der Waals surface area contributed by atoms with Crippen LogP contribution in [0, 0.1) is 19.8 Å². The summed E-state index contributed by atoms with van der Waals surface area (Å²) in [5, 5.41) is 3.64. The van der Waals surface area contributed by atoms with E-state index in [1.165, 1.54) is 36.8 Å². The van der Waals surface area contributed by atoms with Crippen molar-refractivity contribution in [2.45, 2.75) is 52.5 Å². The number of nitrogen functional groups attached to an aromatic ring is 1. The van der Waals surface area contributed by atoms with Gasteiger partial charge in [-0.1, -0.05) is 19.8 Å². The molecule has 17 heavy (non-hydrogen) atoms. The van der Waals surface area contributed by atoms with Crippen LogP contribution in [0.3, 0.4) is 0 Å². The molecule has 1 aliphatic carbocycles. The van der Waals surface area contributed by atoms with Gasteiger partial charge in [0.25, 0.3) is 0 Å². The second-order valence-corrected chi connectivity index (χ2v) is 5.54. The lowest BCUT2D eigenvalue weighted by Gasteiger charge is -2.31. The number of hydrogen-bond acceptors (Lipinski definition) is 2. The van der Waals surface area contributed by atoms with Crippen LogP contribution in [0.5, 0.6) is 0 Å². The van der Waals surface area contributed by atoms with Gasteiger partial charge in [0.05, 0.1) is 11.4 Å². The monoisotopic (exact) mass is 232 g/mol. The fourth-order valence-electron chi connectivity index (χ4n) is 2.69. The van der Waals surface area contributed by atoms with Crippen molar-refractivity contribution in [1.29, 1.82) is 0 Å². The Kier molecular flexibility index (Phi) is 3.60. The average molecular weight is 232 g/mol. The van der Waals surface area contributed by atoms with Gasteiger partial charge in [-0.05, 0) is 55.9 Å². The molecule has 1 aromatic rings. The maximum absolute atomic E-state index is 6.09. The van der Waals surface area contributed by atoms with Gasteiger partial charge in [-0.3, -0.25) is 0 Å². The summed E-state index contributed by atoms with van der Waals surface area (Å²) in [6.07, 6.45) is 5.32. The highest BCUT2D eigenvalue weighted by atomic mass is 14.9. The first-order valence-electron chi connectivity index (χ1n) is 6.71. The predicted molar refractivity (Wildman–Crippen MR) is 75.4 cm³/mol. The molecule has 2 rings (SSSR count). The van der Waals surface area contributed by atoms with E-state index in [4.69, 9.17) is 5.73 Å². The Bertz CT molecular complexity index is 398. The van der Waals surface area contributed by atoms with Crippen molar-refractivity contribution in [3.63, 3.8) is 0 Å². The van der Waals surface area contributed by atoms with E-state index in [9.17, 15) is 0 Å². The molecule has 3 N–H and O–H groups in total. The van der Waals surface area contributed by atoms with Crippen LogP contribution >= 0.6 is 0 Å². The van der Waals surface area contributed by atoms with E-state index < -0.39 is 0 Å². The minimum atomic E-state index is 0.591. The van der Waals surface area contributed by atoms with Gasteiger partial charge in [-0.25, -0.2) is 0 Å². The van der Waals surface area contributed by atoms with Gasteiger partial charge in [0, 0.05) is 6.04 Å². The maximum atomic E-state index is 6.09. The molecule has 0 spiro atoms. The van der Waals surface area contributed by atoms with Gasteiger partial charge < -0.3 is 11.1 Å². The summed E-state index contributed by atoms with van der Waals surface area (Å²) in [4.78, 5) is 0. The zero-order chi connectivity index (χ0) is 12.4. The molecule has 1 saturated carbocycles. The third kappa shape index (κ3) is 2.74. The number of anilines is 2. The third-order valence-corrected chi connectivity index (χ3v) is 4.12. The Hall–Kier alpha value is -1.18. The lowest BCUT2D eigenvalue weighted by atomic mass is 9.85. The summed E-state index contributed by atoms with van der Waals surface area (Å²) in [5.41, 5.74) is 10.7. The first-order chi connectivity index (χ1) is 8.08. The molecule has 1 aliphatic rings.